The molecule has 8 heteroatoms. The van der Waals surface area contributed by atoms with Crippen LogP contribution in [0.1, 0.15) is 31.4 Å². The molecule has 2 aromatic rings. The lowest BCUT2D eigenvalue weighted by atomic mass is 9.81. The van der Waals surface area contributed by atoms with Crippen LogP contribution in [0.5, 0.6) is 0 Å². The summed E-state index contributed by atoms with van der Waals surface area (Å²) in [6.07, 6.45) is 6.22. The van der Waals surface area contributed by atoms with Gasteiger partial charge in [0.2, 0.25) is 5.91 Å². The number of halogens is 2. The highest BCUT2D eigenvalue weighted by Gasteiger charge is 2.32. The van der Waals surface area contributed by atoms with Crippen LogP contribution < -0.4 is 0 Å². The van der Waals surface area contributed by atoms with E-state index in [9.17, 15) is 18.4 Å². The number of aromatic nitrogens is 2. The third kappa shape index (κ3) is 4.70. The van der Waals surface area contributed by atoms with Gasteiger partial charge in [0.1, 0.15) is 24.0 Å². The van der Waals surface area contributed by atoms with Crippen molar-refractivity contribution in [3.63, 3.8) is 0 Å². The van der Waals surface area contributed by atoms with Gasteiger partial charge in [-0.3, -0.25) is 19.6 Å². The van der Waals surface area contributed by atoms with Gasteiger partial charge in [-0.25, -0.2) is 8.78 Å². The second kappa shape index (κ2) is 8.95. The van der Waals surface area contributed by atoms with E-state index in [1.165, 1.54) is 24.5 Å². The second-order valence-corrected chi connectivity index (χ2v) is 7.84. The van der Waals surface area contributed by atoms with Crippen LogP contribution in [0.3, 0.4) is 0 Å². The van der Waals surface area contributed by atoms with Gasteiger partial charge < -0.3 is 9.64 Å². The van der Waals surface area contributed by atoms with Gasteiger partial charge in [-0.15, -0.1) is 0 Å². The Labute approximate surface area is 173 Å². The Morgan fingerprint density at radius 3 is 2.43 bits per heavy atom. The number of ether oxygens (including phenoxy) is 1. The quantitative estimate of drug-likeness (QED) is 0.751. The van der Waals surface area contributed by atoms with Gasteiger partial charge in [0.05, 0.1) is 30.6 Å². The van der Waals surface area contributed by atoms with Crippen molar-refractivity contribution in [3.05, 3.63) is 47.9 Å². The van der Waals surface area contributed by atoms with Crippen LogP contribution in [0.2, 0.25) is 0 Å². The molecule has 0 N–H and O–H groups in total. The molecule has 2 aliphatic rings. The van der Waals surface area contributed by atoms with E-state index >= 15 is 0 Å². The Hall–Kier alpha value is -2.74. The maximum Gasteiger partial charge on any atom is 0.248 e. The first kappa shape index (κ1) is 20.5. The van der Waals surface area contributed by atoms with E-state index in [4.69, 9.17) is 4.74 Å². The highest BCUT2D eigenvalue weighted by atomic mass is 19.1. The summed E-state index contributed by atoms with van der Waals surface area (Å²) in [6, 6.07) is 3.37. The molecular formula is C22H23F2N3O3. The molecule has 0 atom stereocenters. The number of Topliss-reactive ketones (excluding diaryl/α,β-unsaturated/α-hetero) is 1. The van der Waals surface area contributed by atoms with Gasteiger partial charge in [0, 0.05) is 36.3 Å². The normalized spacial score (nSPS) is 22.2. The van der Waals surface area contributed by atoms with Crippen molar-refractivity contribution in [1.29, 1.82) is 0 Å². The zero-order valence-corrected chi connectivity index (χ0v) is 16.5. The molecule has 2 heterocycles. The zero-order valence-electron chi connectivity index (χ0n) is 16.5. The zero-order chi connectivity index (χ0) is 21.1. The number of benzene rings is 1. The van der Waals surface area contributed by atoms with Gasteiger partial charge in [-0.05, 0) is 37.8 Å². The summed E-state index contributed by atoms with van der Waals surface area (Å²) >= 11 is 0. The highest BCUT2D eigenvalue weighted by Crippen LogP contribution is 2.29. The monoisotopic (exact) mass is 415 g/mol. The molecule has 0 bridgehead atoms. The molecule has 1 saturated carbocycles. The van der Waals surface area contributed by atoms with Crippen molar-refractivity contribution in [2.75, 3.05) is 19.8 Å². The molecule has 1 aromatic carbocycles. The molecule has 1 amide bonds. The van der Waals surface area contributed by atoms with Crippen LogP contribution >= 0.6 is 0 Å². The number of hydrogen-bond donors (Lipinski definition) is 0. The Morgan fingerprint density at radius 1 is 1.07 bits per heavy atom. The number of hydrogen-bond acceptors (Lipinski definition) is 5. The SMILES string of the molecule is O=C(Cc1cnc(-c2cc(F)cc(F)c2)cn1)C1CCC(N2CCOCC2=O)CC1. The molecule has 1 saturated heterocycles. The number of morpholine rings is 1. The van der Waals surface area contributed by atoms with Crippen LogP contribution in [-0.2, 0) is 20.7 Å². The predicted molar refractivity (Wildman–Crippen MR) is 104 cm³/mol. The first-order valence-electron chi connectivity index (χ1n) is 10.2. The van der Waals surface area contributed by atoms with Crippen LogP contribution in [-0.4, -0.2) is 52.4 Å². The van der Waals surface area contributed by atoms with E-state index in [0.717, 1.165) is 31.7 Å². The minimum Gasteiger partial charge on any atom is -0.370 e. The molecule has 2 fully saturated rings. The fraction of sp³-hybridized carbons (Fsp3) is 0.455. The largest absolute Gasteiger partial charge is 0.370 e. The molecule has 158 valence electrons. The summed E-state index contributed by atoms with van der Waals surface area (Å²) in [7, 11) is 0. The first-order valence-corrected chi connectivity index (χ1v) is 10.2. The van der Waals surface area contributed by atoms with Gasteiger partial charge in [-0.1, -0.05) is 0 Å². The Morgan fingerprint density at radius 2 is 1.80 bits per heavy atom. The topological polar surface area (TPSA) is 72.4 Å². The predicted octanol–water partition coefficient (Wildman–Crippen LogP) is 2.95. The summed E-state index contributed by atoms with van der Waals surface area (Å²) in [5.74, 6) is -1.26. The smallest absolute Gasteiger partial charge is 0.248 e. The molecule has 1 aliphatic heterocycles. The van der Waals surface area contributed by atoms with E-state index in [2.05, 4.69) is 9.97 Å². The van der Waals surface area contributed by atoms with E-state index in [1.807, 2.05) is 4.90 Å². The summed E-state index contributed by atoms with van der Waals surface area (Å²) in [5.41, 5.74) is 1.18. The van der Waals surface area contributed by atoms with Crippen molar-refractivity contribution in [3.8, 4) is 11.3 Å². The fourth-order valence-electron chi connectivity index (χ4n) is 4.25. The van der Waals surface area contributed by atoms with E-state index in [1.54, 1.807) is 0 Å². The average molecular weight is 415 g/mol. The van der Waals surface area contributed by atoms with E-state index in [0.29, 0.717) is 30.1 Å². The molecule has 1 aromatic heterocycles. The second-order valence-electron chi connectivity index (χ2n) is 7.84. The summed E-state index contributed by atoms with van der Waals surface area (Å²) in [5, 5.41) is 0. The van der Waals surface area contributed by atoms with E-state index < -0.39 is 11.6 Å². The summed E-state index contributed by atoms with van der Waals surface area (Å²) in [6.45, 7) is 1.34. The van der Waals surface area contributed by atoms with Crippen molar-refractivity contribution < 1.29 is 23.1 Å². The van der Waals surface area contributed by atoms with Crippen LogP contribution in [0, 0.1) is 17.6 Å². The van der Waals surface area contributed by atoms with Gasteiger partial charge >= 0.3 is 0 Å². The molecule has 0 radical (unpaired) electrons. The average Bonchev–Trinajstić information content (AvgIpc) is 2.74. The van der Waals surface area contributed by atoms with Crippen LogP contribution in [0.15, 0.2) is 30.6 Å². The Bertz CT molecular complexity index is 907. The third-order valence-electron chi connectivity index (χ3n) is 5.83. The van der Waals surface area contributed by atoms with Crippen molar-refractivity contribution in [2.45, 2.75) is 38.1 Å². The molecule has 0 unspecified atom stereocenters. The molecule has 4 rings (SSSR count). The molecule has 0 spiro atoms. The standard InChI is InChI=1S/C22H23F2N3O3/c23-16-7-15(8-17(24)9-16)20-12-25-18(11-26-20)10-21(28)14-1-3-19(4-2-14)27-5-6-30-13-22(27)29/h7-9,11-12,14,19H,1-6,10,13H2. The maximum absolute atomic E-state index is 13.4. The number of rotatable bonds is 5. The summed E-state index contributed by atoms with van der Waals surface area (Å²) in [4.78, 5) is 35.0. The lowest BCUT2D eigenvalue weighted by Crippen LogP contribution is -2.49. The fourth-order valence-corrected chi connectivity index (χ4v) is 4.25. The molecule has 6 nitrogen and oxygen atoms in total. The van der Waals surface area contributed by atoms with Crippen molar-refractivity contribution in [1.82, 2.24) is 14.9 Å². The number of nitrogens with zero attached hydrogens (tertiary/aromatic N) is 3. The third-order valence-corrected chi connectivity index (χ3v) is 5.83. The van der Waals surface area contributed by atoms with Crippen molar-refractivity contribution >= 4 is 11.7 Å². The van der Waals surface area contributed by atoms with Gasteiger partial charge in [0.15, 0.2) is 0 Å². The highest BCUT2D eigenvalue weighted by molar-refractivity contribution is 5.83. The number of amides is 1. The minimum atomic E-state index is -0.680. The van der Waals surface area contributed by atoms with Gasteiger partial charge in [0.25, 0.3) is 0 Å². The van der Waals surface area contributed by atoms with Crippen LogP contribution in [0.25, 0.3) is 11.3 Å². The number of ketones is 1. The Kier molecular flexibility index (Phi) is 6.13. The Balaban J connectivity index is 1.32. The summed E-state index contributed by atoms with van der Waals surface area (Å²) < 4.78 is 31.9. The van der Waals surface area contributed by atoms with Gasteiger partial charge in [-0.2, -0.15) is 0 Å². The maximum atomic E-state index is 13.4. The lowest BCUT2D eigenvalue weighted by molar-refractivity contribution is -0.146. The molecular weight excluding hydrogens is 392 g/mol. The number of carbonyl (C=O) groups excluding carboxylic acids is 2. The van der Waals surface area contributed by atoms with Crippen LogP contribution in [0.4, 0.5) is 8.78 Å². The molecule has 1 aliphatic carbocycles. The molecule has 30 heavy (non-hydrogen) atoms. The van der Waals surface area contributed by atoms with E-state index in [-0.39, 0.29) is 36.7 Å². The lowest BCUT2D eigenvalue weighted by Gasteiger charge is -2.38. The number of carbonyl (C=O) groups is 2. The minimum absolute atomic E-state index is 0.0320. The van der Waals surface area contributed by atoms with Crippen molar-refractivity contribution in [2.24, 2.45) is 5.92 Å². The first-order chi connectivity index (χ1) is 14.5.